The lowest BCUT2D eigenvalue weighted by atomic mass is 10.1. The van der Waals surface area contributed by atoms with Crippen molar-refractivity contribution in [1.29, 1.82) is 0 Å². The normalized spacial score (nSPS) is 11.0. The van der Waals surface area contributed by atoms with Gasteiger partial charge in [0, 0.05) is 28.2 Å². The molecule has 6 heteroatoms. The second kappa shape index (κ2) is 5.32. The fourth-order valence-electron chi connectivity index (χ4n) is 1.11. The van der Waals surface area contributed by atoms with E-state index >= 15 is 0 Å². The smallest absolute Gasteiger partial charge is 0.264 e. The first-order chi connectivity index (χ1) is 6.61. The maximum absolute atomic E-state index is 12.7. The van der Waals surface area contributed by atoms with Gasteiger partial charge in [0.2, 0.25) is 0 Å². The SMILES string of the molecule is OCc1cnc(I)c(CBr)c1C(F)F. The number of aliphatic hydroxyl groups is 1. The Morgan fingerprint density at radius 1 is 1.57 bits per heavy atom. The van der Waals surface area contributed by atoms with Crippen LogP contribution in [0.3, 0.4) is 0 Å². The van der Waals surface area contributed by atoms with Crippen LogP contribution < -0.4 is 0 Å². The maximum atomic E-state index is 12.7. The number of aromatic nitrogens is 1. The van der Waals surface area contributed by atoms with Crippen LogP contribution in [0.5, 0.6) is 0 Å². The van der Waals surface area contributed by atoms with Gasteiger partial charge in [-0.15, -0.1) is 0 Å². The lowest BCUT2D eigenvalue weighted by Gasteiger charge is -2.11. The number of rotatable bonds is 3. The minimum Gasteiger partial charge on any atom is -0.392 e. The number of halogens is 4. The van der Waals surface area contributed by atoms with Crippen LogP contribution in [0, 0.1) is 3.70 Å². The molecule has 0 bridgehead atoms. The Kier molecular flexibility index (Phi) is 4.65. The Hall–Kier alpha value is 0.180. The molecule has 1 N–H and O–H groups in total. The van der Waals surface area contributed by atoms with Crippen molar-refractivity contribution in [2.75, 3.05) is 0 Å². The predicted molar refractivity (Wildman–Crippen MR) is 60.5 cm³/mol. The molecule has 0 unspecified atom stereocenters. The maximum Gasteiger partial charge on any atom is 0.264 e. The summed E-state index contributed by atoms with van der Waals surface area (Å²) < 4.78 is 25.9. The molecule has 0 saturated carbocycles. The van der Waals surface area contributed by atoms with Gasteiger partial charge in [-0.3, -0.25) is 0 Å². The van der Waals surface area contributed by atoms with E-state index < -0.39 is 13.0 Å². The van der Waals surface area contributed by atoms with Gasteiger partial charge in [-0.2, -0.15) is 0 Å². The minimum absolute atomic E-state index is 0.108. The fraction of sp³-hybridized carbons (Fsp3) is 0.375. The fourth-order valence-corrected chi connectivity index (χ4v) is 2.82. The van der Waals surface area contributed by atoms with Gasteiger partial charge in [-0.1, -0.05) is 15.9 Å². The molecule has 1 aromatic rings. The van der Waals surface area contributed by atoms with Crippen LogP contribution in [-0.2, 0) is 11.9 Å². The number of alkyl halides is 3. The summed E-state index contributed by atoms with van der Waals surface area (Å²) in [7, 11) is 0. The first-order valence-corrected chi connectivity index (χ1v) is 5.93. The summed E-state index contributed by atoms with van der Waals surface area (Å²) in [6.07, 6.45) is -1.30. The minimum atomic E-state index is -2.58. The van der Waals surface area contributed by atoms with E-state index in [4.69, 9.17) is 5.11 Å². The Morgan fingerprint density at radius 3 is 2.64 bits per heavy atom. The van der Waals surface area contributed by atoms with E-state index in [0.29, 0.717) is 14.6 Å². The molecule has 78 valence electrons. The average Bonchev–Trinajstić information content (AvgIpc) is 2.17. The van der Waals surface area contributed by atoms with E-state index in [1.54, 1.807) is 0 Å². The Bertz CT molecular complexity index is 335. The molecule has 0 aliphatic heterocycles. The lowest BCUT2D eigenvalue weighted by molar-refractivity contribution is 0.146. The highest BCUT2D eigenvalue weighted by molar-refractivity contribution is 14.1. The van der Waals surface area contributed by atoms with Crippen molar-refractivity contribution in [1.82, 2.24) is 4.98 Å². The summed E-state index contributed by atoms with van der Waals surface area (Å²) >= 11 is 5.03. The Labute approximate surface area is 102 Å². The van der Waals surface area contributed by atoms with E-state index in [0.717, 1.165) is 0 Å². The summed E-state index contributed by atoms with van der Waals surface area (Å²) in [6.45, 7) is -0.413. The topological polar surface area (TPSA) is 33.1 Å². The van der Waals surface area contributed by atoms with Crippen LogP contribution >= 0.6 is 38.5 Å². The number of nitrogens with zero attached hydrogens (tertiary/aromatic N) is 1. The molecule has 14 heavy (non-hydrogen) atoms. The molecule has 0 atom stereocenters. The number of hydrogen-bond donors (Lipinski definition) is 1. The van der Waals surface area contributed by atoms with Crippen LogP contribution in [0.1, 0.15) is 23.1 Å². The zero-order valence-electron chi connectivity index (χ0n) is 6.98. The number of aliphatic hydroxyl groups excluding tert-OH is 1. The quantitative estimate of drug-likeness (QED) is 0.499. The summed E-state index contributed by atoms with van der Waals surface area (Å²) in [6, 6.07) is 0. The average molecular weight is 378 g/mol. The van der Waals surface area contributed by atoms with Crippen molar-refractivity contribution < 1.29 is 13.9 Å². The van der Waals surface area contributed by atoms with Gasteiger partial charge >= 0.3 is 0 Å². The number of pyridine rings is 1. The van der Waals surface area contributed by atoms with Crippen molar-refractivity contribution in [3.05, 3.63) is 26.6 Å². The van der Waals surface area contributed by atoms with Crippen LogP contribution in [0.25, 0.3) is 0 Å². The molecule has 0 radical (unpaired) electrons. The number of hydrogen-bond acceptors (Lipinski definition) is 2. The van der Waals surface area contributed by atoms with Gasteiger partial charge < -0.3 is 5.11 Å². The first kappa shape index (κ1) is 12.3. The molecule has 1 rings (SSSR count). The highest BCUT2D eigenvalue weighted by atomic mass is 127. The van der Waals surface area contributed by atoms with Crippen LogP contribution in [0.15, 0.2) is 6.20 Å². The summed E-state index contributed by atoms with van der Waals surface area (Å²) in [5.41, 5.74) is 0.533. The zero-order valence-corrected chi connectivity index (χ0v) is 10.7. The molecule has 0 aromatic carbocycles. The highest BCUT2D eigenvalue weighted by Crippen LogP contribution is 2.30. The highest BCUT2D eigenvalue weighted by Gasteiger charge is 2.19. The molecule has 0 aliphatic carbocycles. The summed E-state index contributed by atoms with van der Waals surface area (Å²) in [5.74, 6) is 0. The standard InChI is InChI=1S/C8H7BrF2INO/c9-1-5-6(7(10)11)4(3-14)2-13-8(5)12/h2,7,14H,1,3H2. The van der Waals surface area contributed by atoms with Gasteiger partial charge in [0.25, 0.3) is 6.43 Å². The van der Waals surface area contributed by atoms with E-state index in [1.807, 2.05) is 22.6 Å². The molecular weight excluding hydrogens is 371 g/mol. The van der Waals surface area contributed by atoms with E-state index in [1.165, 1.54) is 6.20 Å². The van der Waals surface area contributed by atoms with Crippen LogP contribution in [-0.4, -0.2) is 10.1 Å². The van der Waals surface area contributed by atoms with Crippen molar-refractivity contribution >= 4 is 38.5 Å². The van der Waals surface area contributed by atoms with Crippen LogP contribution in [0.4, 0.5) is 8.78 Å². The molecule has 2 nitrogen and oxygen atoms in total. The third kappa shape index (κ3) is 2.40. The molecule has 0 aliphatic rings. The van der Waals surface area contributed by atoms with Gasteiger partial charge in [-0.05, 0) is 22.6 Å². The Balaban J connectivity index is 3.36. The summed E-state index contributed by atoms with van der Waals surface area (Å²) in [4.78, 5) is 3.93. The van der Waals surface area contributed by atoms with Crippen molar-refractivity contribution in [3.63, 3.8) is 0 Å². The predicted octanol–water partition coefficient (Wildman–Crippen LogP) is 3.01. The first-order valence-electron chi connectivity index (χ1n) is 3.73. The third-order valence-corrected chi connectivity index (χ3v) is 3.27. The molecule has 1 heterocycles. The Morgan fingerprint density at radius 2 is 2.21 bits per heavy atom. The van der Waals surface area contributed by atoms with E-state index in [-0.39, 0.29) is 11.1 Å². The van der Waals surface area contributed by atoms with Gasteiger partial charge in [0.15, 0.2) is 0 Å². The van der Waals surface area contributed by atoms with Gasteiger partial charge in [-0.25, -0.2) is 13.8 Å². The van der Waals surface area contributed by atoms with Gasteiger partial charge in [0.1, 0.15) is 3.70 Å². The van der Waals surface area contributed by atoms with Crippen molar-refractivity contribution in [2.24, 2.45) is 0 Å². The third-order valence-electron chi connectivity index (χ3n) is 1.78. The molecule has 0 amide bonds. The van der Waals surface area contributed by atoms with E-state index in [2.05, 4.69) is 20.9 Å². The molecule has 0 fully saturated rings. The van der Waals surface area contributed by atoms with Gasteiger partial charge in [0.05, 0.1) is 6.61 Å². The molecule has 0 saturated heterocycles. The van der Waals surface area contributed by atoms with Crippen molar-refractivity contribution in [2.45, 2.75) is 18.4 Å². The van der Waals surface area contributed by atoms with Crippen LogP contribution in [0.2, 0.25) is 0 Å². The monoisotopic (exact) mass is 377 g/mol. The van der Waals surface area contributed by atoms with E-state index in [9.17, 15) is 8.78 Å². The second-order valence-corrected chi connectivity index (χ2v) is 4.14. The molecule has 0 spiro atoms. The molecular formula is C8H7BrF2INO. The largest absolute Gasteiger partial charge is 0.392 e. The molecule has 1 aromatic heterocycles. The lowest BCUT2D eigenvalue weighted by Crippen LogP contribution is -2.04. The zero-order chi connectivity index (χ0) is 10.7. The van der Waals surface area contributed by atoms with Crippen molar-refractivity contribution in [3.8, 4) is 0 Å². The summed E-state index contributed by atoms with van der Waals surface area (Å²) in [5, 5.41) is 9.20. The second-order valence-electron chi connectivity index (χ2n) is 2.56.